The molecule has 0 aromatic rings. The van der Waals surface area contributed by atoms with E-state index in [1.165, 1.54) is 0 Å². The van der Waals surface area contributed by atoms with E-state index in [1.54, 1.807) is 6.08 Å². The highest BCUT2D eigenvalue weighted by molar-refractivity contribution is 7.78. The average Bonchev–Trinajstić information content (AvgIpc) is 2.25. The summed E-state index contributed by atoms with van der Waals surface area (Å²) in [6, 6.07) is 0. The summed E-state index contributed by atoms with van der Waals surface area (Å²) in [5, 5.41) is 2.21. The van der Waals surface area contributed by atoms with Gasteiger partial charge in [-0.1, -0.05) is 18.2 Å². The number of aliphatic imine (C=N–C) groups is 1. The van der Waals surface area contributed by atoms with Crippen LogP contribution in [0.25, 0.3) is 0 Å². The minimum absolute atomic E-state index is 0.258. The Morgan fingerprint density at radius 2 is 2.50 bits per heavy atom. The van der Waals surface area contributed by atoms with E-state index in [9.17, 15) is 4.79 Å². The fourth-order valence-corrected chi connectivity index (χ4v) is 1.17. The van der Waals surface area contributed by atoms with E-state index < -0.39 is 0 Å². The third-order valence-corrected chi connectivity index (χ3v) is 1.86. The molecule has 0 spiro atoms. The molecular weight excluding hydrogens is 198 g/mol. The van der Waals surface area contributed by atoms with Crippen LogP contribution in [0.3, 0.4) is 0 Å². The maximum Gasteiger partial charge on any atom is 0.337 e. The van der Waals surface area contributed by atoms with Crippen LogP contribution in [0.2, 0.25) is 0 Å². The molecule has 0 heterocycles. The van der Waals surface area contributed by atoms with E-state index in [1.807, 2.05) is 12.2 Å². The molecule has 1 aliphatic rings. The second kappa shape index (κ2) is 6.24. The van der Waals surface area contributed by atoms with Gasteiger partial charge in [-0.2, -0.15) is 0 Å². The SMILES string of the molecule is O=C(OCCN=C=S)C1=CCCC=C1. The molecule has 0 saturated heterocycles. The average molecular weight is 209 g/mol. The van der Waals surface area contributed by atoms with Crippen LogP contribution in [0.15, 0.2) is 28.8 Å². The molecule has 0 N–H and O–H groups in total. The second-order valence-corrected chi connectivity index (χ2v) is 2.93. The van der Waals surface area contributed by atoms with Crippen molar-refractivity contribution < 1.29 is 9.53 Å². The molecule has 1 aliphatic carbocycles. The zero-order valence-electron chi connectivity index (χ0n) is 7.73. The number of ether oxygens (including phenoxy) is 1. The van der Waals surface area contributed by atoms with Crippen molar-refractivity contribution in [3.8, 4) is 0 Å². The summed E-state index contributed by atoms with van der Waals surface area (Å²) >= 11 is 4.38. The smallest absolute Gasteiger partial charge is 0.337 e. The number of carbonyl (C=O) groups excluding carboxylic acids is 1. The topological polar surface area (TPSA) is 38.7 Å². The first-order valence-electron chi connectivity index (χ1n) is 4.42. The highest BCUT2D eigenvalue weighted by Crippen LogP contribution is 2.10. The number of isothiocyanates is 1. The third kappa shape index (κ3) is 3.64. The third-order valence-electron chi connectivity index (χ3n) is 1.73. The molecule has 3 nitrogen and oxygen atoms in total. The van der Waals surface area contributed by atoms with Crippen molar-refractivity contribution in [2.45, 2.75) is 12.8 Å². The molecule has 0 saturated carbocycles. The first-order valence-corrected chi connectivity index (χ1v) is 4.83. The van der Waals surface area contributed by atoms with Crippen LogP contribution in [-0.4, -0.2) is 24.3 Å². The van der Waals surface area contributed by atoms with Gasteiger partial charge in [-0.05, 0) is 25.1 Å². The molecule has 0 aliphatic heterocycles. The van der Waals surface area contributed by atoms with Crippen molar-refractivity contribution in [1.82, 2.24) is 0 Å². The van der Waals surface area contributed by atoms with Crippen molar-refractivity contribution in [3.05, 3.63) is 23.8 Å². The Bertz CT molecular complexity index is 314. The van der Waals surface area contributed by atoms with Gasteiger partial charge in [0.1, 0.15) is 6.61 Å². The predicted octanol–water partition coefficient (Wildman–Crippen LogP) is 1.91. The van der Waals surface area contributed by atoms with Crippen LogP contribution in [0.5, 0.6) is 0 Å². The maximum absolute atomic E-state index is 11.3. The lowest BCUT2D eigenvalue weighted by molar-refractivity contribution is -0.138. The molecule has 0 amide bonds. The molecule has 0 aromatic carbocycles. The van der Waals surface area contributed by atoms with Crippen LogP contribution in [0.4, 0.5) is 0 Å². The Hall–Kier alpha value is -1.25. The lowest BCUT2D eigenvalue weighted by Gasteiger charge is -2.05. The van der Waals surface area contributed by atoms with Gasteiger partial charge in [-0.25, -0.2) is 9.79 Å². The summed E-state index contributed by atoms with van der Waals surface area (Å²) in [5.41, 5.74) is 0.627. The van der Waals surface area contributed by atoms with E-state index >= 15 is 0 Å². The minimum atomic E-state index is -0.291. The Balaban J connectivity index is 2.31. The zero-order chi connectivity index (χ0) is 10.2. The molecule has 14 heavy (non-hydrogen) atoms. The molecule has 1 rings (SSSR count). The van der Waals surface area contributed by atoms with Crippen LogP contribution in [-0.2, 0) is 9.53 Å². The van der Waals surface area contributed by atoms with Crippen LogP contribution < -0.4 is 0 Å². The van der Waals surface area contributed by atoms with Gasteiger partial charge in [0.2, 0.25) is 0 Å². The number of esters is 1. The summed E-state index contributed by atoms with van der Waals surface area (Å²) in [6.07, 6.45) is 7.52. The number of rotatable bonds is 4. The molecule has 0 aromatic heterocycles. The van der Waals surface area contributed by atoms with Crippen molar-refractivity contribution in [1.29, 1.82) is 0 Å². The van der Waals surface area contributed by atoms with Crippen LogP contribution in [0.1, 0.15) is 12.8 Å². The van der Waals surface area contributed by atoms with Gasteiger partial charge in [-0.3, -0.25) is 0 Å². The first kappa shape index (κ1) is 10.8. The standard InChI is InChI=1S/C10H11NO2S/c12-10(13-7-6-11-8-14)9-4-2-1-3-5-9/h2,4-5H,1,3,6-7H2. The quantitative estimate of drug-likeness (QED) is 0.307. The summed E-state index contributed by atoms with van der Waals surface area (Å²) in [6.45, 7) is 0.639. The molecular formula is C10H11NO2S. The van der Waals surface area contributed by atoms with Gasteiger partial charge in [0.25, 0.3) is 0 Å². The highest BCUT2D eigenvalue weighted by atomic mass is 32.1. The summed E-state index contributed by atoms with van der Waals surface area (Å²) in [5.74, 6) is -0.291. The molecule has 4 heteroatoms. The van der Waals surface area contributed by atoms with Gasteiger partial charge in [0, 0.05) is 0 Å². The number of allylic oxidation sites excluding steroid dienone is 2. The normalized spacial score (nSPS) is 14.1. The van der Waals surface area contributed by atoms with Crippen molar-refractivity contribution in [3.63, 3.8) is 0 Å². The molecule has 74 valence electrons. The number of hydrogen-bond donors (Lipinski definition) is 0. The summed E-state index contributed by atoms with van der Waals surface area (Å²) in [7, 11) is 0. The molecule has 0 radical (unpaired) electrons. The molecule has 0 unspecified atom stereocenters. The van der Waals surface area contributed by atoms with E-state index in [4.69, 9.17) is 4.74 Å². The predicted molar refractivity (Wildman–Crippen MR) is 57.3 cm³/mol. The molecule has 0 bridgehead atoms. The van der Waals surface area contributed by atoms with Gasteiger partial charge in [0.05, 0.1) is 17.3 Å². The number of hydrogen-bond acceptors (Lipinski definition) is 4. The lowest BCUT2D eigenvalue weighted by Crippen LogP contribution is -2.10. The van der Waals surface area contributed by atoms with Gasteiger partial charge >= 0.3 is 5.97 Å². The van der Waals surface area contributed by atoms with Crippen LogP contribution in [0, 0.1) is 0 Å². The highest BCUT2D eigenvalue weighted by Gasteiger charge is 2.08. The maximum atomic E-state index is 11.3. The Kier molecular flexibility index (Phi) is 4.83. The Morgan fingerprint density at radius 3 is 3.14 bits per heavy atom. The number of carbonyl (C=O) groups is 1. The zero-order valence-corrected chi connectivity index (χ0v) is 8.55. The first-order chi connectivity index (χ1) is 6.84. The Morgan fingerprint density at radius 1 is 1.64 bits per heavy atom. The summed E-state index contributed by atoms with van der Waals surface area (Å²) in [4.78, 5) is 15.0. The largest absolute Gasteiger partial charge is 0.460 e. The van der Waals surface area contributed by atoms with E-state index in [0.29, 0.717) is 12.1 Å². The summed E-state index contributed by atoms with van der Waals surface area (Å²) < 4.78 is 4.95. The monoisotopic (exact) mass is 209 g/mol. The fraction of sp³-hybridized carbons (Fsp3) is 0.400. The van der Waals surface area contributed by atoms with Gasteiger partial charge in [-0.15, -0.1) is 0 Å². The van der Waals surface area contributed by atoms with Gasteiger partial charge < -0.3 is 4.74 Å². The Labute approximate surface area is 88.2 Å². The second-order valence-electron chi connectivity index (χ2n) is 2.75. The van der Waals surface area contributed by atoms with Crippen molar-refractivity contribution in [2.75, 3.05) is 13.2 Å². The van der Waals surface area contributed by atoms with E-state index in [0.717, 1.165) is 12.8 Å². The molecule has 0 fully saturated rings. The lowest BCUT2D eigenvalue weighted by atomic mass is 10.1. The number of thiocarbonyl (C=S) groups is 1. The minimum Gasteiger partial charge on any atom is -0.460 e. The van der Waals surface area contributed by atoms with Crippen LogP contribution >= 0.6 is 12.2 Å². The number of nitrogens with zero attached hydrogens (tertiary/aromatic N) is 1. The van der Waals surface area contributed by atoms with E-state index in [2.05, 4.69) is 22.4 Å². The van der Waals surface area contributed by atoms with Gasteiger partial charge in [0.15, 0.2) is 0 Å². The fourth-order valence-electron chi connectivity index (χ4n) is 1.08. The van der Waals surface area contributed by atoms with Crippen molar-refractivity contribution >= 4 is 23.3 Å². The van der Waals surface area contributed by atoms with Crippen molar-refractivity contribution in [2.24, 2.45) is 4.99 Å². The molecule has 0 atom stereocenters. The van der Waals surface area contributed by atoms with E-state index in [-0.39, 0.29) is 12.6 Å².